The van der Waals surface area contributed by atoms with Gasteiger partial charge in [-0.25, -0.2) is 0 Å². The molecule has 0 aromatic carbocycles. The smallest absolute Gasteiger partial charge is 0.0474 e. The van der Waals surface area contributed by atoms with E-state index in [9.17, 15) is 0 Å². The molecule has 0 aromatic rings. The Labute approximate surface area is 113 Å². The van der Waals surface area contributed by atoms with Gasteiger partial charge in [0.2, 0.25) is 0 Å². The normalized spacial score (nSPS) is 20.2. The Balaban J connectivity index is 2.05. The summed E-state index contributed by atoms with van der Waals surface area (Å²) in [7, 11) is 1.77. The summed E-state index contributed by atoms with van der Waals surface area (Å²) >= 11 is 0. The Morgan fingerprint density at radius 1 is 1.11 bits per heavy atom. The van der Waals surface area contributed by atoms with Crippen LogP contribution in [0, 0.1) is 5.41 Å². The first-order valence-electron chi connectivity index (χ1n) is 7.68. The Morgan fingerprint density at radius 2 is 1.78 bits per heavy atom. The second-order valence-corrected chi connectivity index (χ2v) is 5.65. The molecule has 108 valence electrons. The maximum atomic E-state index is 5.04. The van der Waals surface area contributed by atoms with Gasteiger partial charge in [-0.3, -0.25) is 0 Å². The van der Waals surface area contributed by atoms with Crippen molar-refractivity contribution in [3.05, 3.63) is 0 Å². The van der Waals surface area contributed by atoms with Crippen LogP contribution < -0.4 is 5.32 Å². The minimum atomic E-state index is 0.655. The molecule has 0 aromatic heterocycles. The molecule has 1 heterocycles. The molecule has 0 amide bonds. The van der Waals surface area contributed by atoms with Gasteiger partial charge in [0.05, 0.1) is 0 Å². The van der Waals surface area contributed by atoms with E-state index >= 15 is 0 Å². The van der Waals surface area contributed by atoms with Crippen molar-refractivity contribution in [2.45, 2.75) is 46.0 Å². The summed E-state index contributed by atoms with van der Waals surface area (Å²) in [6, 6.07) is 0. The summed E-state index contributed by atoms with van der Waals surface area (Å²) in [6.07, 6.45) is 6.61. The molecule has 0 radical (unpaired) electrons. The lowest BCUT2D eigenvalue weighted by atomic mass is 9.74. The number of rotatable bonds is 9. The van der Waals surface area contributed by atoms with E-state index in [2.05, 4.69) is 24.1 Å². The van der Waals surface area contributed by atoms with Crippen molar-refractivity contribution < 1.29 is 4.74 Å². The highest BCUT2D eigenvalue weighted by Crippen LogP contribution is 2.37. The predicted octanol–water partition coefficient (Wildman–Crippen LogP) is 2.51. The summed E-state index contributed by atoms with van der Waals surface area (Å²) in [5.74, 6) is 0. The maximum absolute atomic E-state index is 5.04. The van der Waals surface area contributed by atoms with Crippen LogP contribution in [0.1, 0.15) is 46.0 Å². The third kappa shape index (κ3) is 5.25. The number of nitrogens with one attached hydrogen (secondary N) is 1. The summed E-state index contributed by atoms with van der Waals surface area (Å²) in [5.41, 5.74) is 0.655. The second-order valence-electron chi connectivity index (χ2n) is 5.65. The number of likely N-dealkylation sites (tertiary alicyclic amines) is 1. The first-order chi connectivity index (χ1) is 8.76. The zero-order chi connectivity index (χ0) is 13.3. The van der Waals surface area contributed by atoms with Crippen LogP contribution >= 0.6 is 0 Å². The van der Waals surface area contributed by atoms with E-state index in [-0.39, 0.29) is 0 Å². The van der Waals surface area contributed by atoms with E-state index in [1.807, 2.05) is 0 Å². The fourth-order valence-electron chi connectivity index (χ4n) is 2.91. The molecule has 0 saturated carbocycles. The highest BCUT2D eigenvalue weighted by molar-refractivity contribution is 4.84. The van der Waals surface area contributed by atoms with Crippen LogP contribution in [0.3, 0.4) is 0 Å². The zero-order valence-corrected chi connectivity index (χ0v) is 12.6. The standard InChI is InChI=1S/C15H32N2O/c1-4-15(5-2)7-11-17(12-8-15)13-10-16-9-6-14-18-3/h16H,4-14H2,1-3H3. The van der Waals surface area contributed by atoms with Crippen LogP contribution in [0.2, 0.25) is 0 Å². The molecule has 1 aliphatic heterocycles. The molecular weight excluding hydrogens is 224 g/mol. The number of hydrogen-bond acceptors (Lipinski definition) is 3. The van der Waals surface area contributed by atoms with Crippen molar-refractivity contribution >= 4 is 0 Å². The van der Waals surface area contributed by atoms with Crippen LogP contribution in [0.4, 0.5) is 0 Å². The first kappa shape index (κ1) is 15.9. The zero-order valence-electron chi connectivity index (χ0n) is 12.6. The van der Waals surface area contributed by atoms with Crippen molar-refractivity contribution in [3.8, 4) is 0 Å². The van der Waals surface area contributed by atoms with Gasteiger partial charge < -0.3 is 15.0 Å². The summed E-state index contributed by atoms with van der Waals surface area (Å²) in [6.45, 7) is 11.6. The summed E-state index contributed by atoms with van der Waals surface area (Å²) < 4.78 is 5.04. The average Bonchev–Trinajstić information content (AvgIpc) is 2.43. The number of ether oxygens (including phenoxy) is 1. The third-order valence-electron chi connectivity index (χ3n) is 4.72. The second kappa shape index (κ2) is 8.89. The van der Waals surface area contributed by atoms with Crippen molar-refractivity contribution in [2.75, 3.05) is 46.4 Å². The van der Waals surface area contributed by atoms with Crippen LogP contribution in [0.5, 0.6) is 0 Å². The minimum Gasteiger partial charge on any atom is -0.385 e. The van der Waals surface area contributed by atoms with Crippen LogP contribution in [0.25, 0.3) is 0 Å². The third-order valence-corrected chi connectivity index (χ3v) is 4.72. The lowest BCUT2D eigenvalue weighted by molar-refractivity contribution is 0.0959. The Bertz CT molecular complexity index is 195. The first-order valence-corrected chi connectivity index (χ1v) is 7.68. The van der Waals surface area contributed by atoms with Crippen LogP contribution in [-0.2, 0) is 4.74 Å². The van der Waals surface area contributed by atoms with Crippen molar-refractivity contribution in [1.82, 2.24) is 10.2 Å². The number of piperidine rings is 1. The fourth-order valence-corrected chi connectivity index (χ4v) is 2.91. The molecule has 0 bridgehead atoms. The van der Waals surface area contributed by atoms with Crippen molar-refractivity contribution in [1.29, 1.82) is 0 Å². The lowest BCUT2D eigenvalue weighted by Gasteiger charge is -2.41. The average molecular weight is 256 g/mol. The van der Waals surface area contributed by atoms with Gasteiger partial charge in [0, 0.05) is 26.8 Å². The molecule has 3 heteroatoms. The Kier molecular flexibility index (Phi) is 7.87. The topological polar surface area (TPSA) is 24.5 Å². The van der Waals surface area contributed by atoms with E-state index in [1.165, 1.54) is 45.3 Å². The van der Waals surface area contributed by atoms with E-state index in [0.29, 0.717) is 5.41 Å². The van der Waals surface area contributed by atoms with E-state index < -0.39 is 0 Å². The van der Waals surface area contributed by atoms with Gasteiger partial charge in [-0.2, -0.15) is 0 Å². The quantitative estimate of drug-likeness (QED) is 0.642. The number of nitrogens with zero attached hydrogens (tertiary/aromatic N) is 1. The van der Waals surface area contributed by atoms with Crippen LogP contribution in [0.15, 0.2) is 0 Å². The van der Waals surface area contributed by atoms with Gasteiger partial charge in [0.15, 0.2) is 0 Å². The van der Waals surface area contributed by atoms with Gasteiger partial charge in [0.1, 0.15) is 0 Å². The lowest BCUT2D eigenvalue weighted by Crippen LogP contribution is -2.42. The molecule has 0 aliphatic carbocycles. The molecule has 3 nitrogen and oxygen atoms in total. The van der Waals surface area contributed by atoms with Crippen LogP contribution in [-0.4, -0.2) is 51.3 Å². The van der Waals surface area contributed by atoms with E-state index in [0.717, 1.165) is 26.1 Å². The highest BCUT2D eigenvalue weighted by atomic mass is 16.5. The molecule has 1 fully saturated rings. The SMILES string of the molecule is CCC1(CC)CCN(CCNCCCOC)CC1. The van der Waals surface area contributed by atoms with Crippen molar-refractivity contribution in [3.63, 3.8) is 0 Å². The highest BCUT2D eigenvalue weighted by Gasteiger charge is 2.30. The summed E-state index contributed by atoms with van der Waals surface area (Å²) in [4.78, 5) is 2.62. The molecule has 1 saturated heterocycles. The Hall–Kier alpha value is -0.120. The molecule has 0 unspecified atom stereocenters. The maximum Gasteiger partial charge on any atom is 0.0474 e. The largest absolute Gasteiger partial charge is 0.385 e. The molecule has 1 N–H and O–H groups in total. The van der Waals surface area contributed by atoms with Crippen molar-refractivity contribution in [2.24, 2.45) is 5.41 Å². The van der Waals surface area contributed by atoms with Gasteiger partial charge >= 0.3 is 0 Å². The van der Waals surface area contributed by atoms with E-state index in [1.54, 1.807) is 7.11 Å². The molecule has 1 rings (SSSR count). The van der Waals surface area contributed by atoms with Gasteiger partial charge in [-0.15, -0.1) is 0 Å². The molecule has 0 atom stereocenters. The molecule has 0 spiro atoms. The molecule has 18 heavy (non-hydrogen) atoms. The predicted molar refractivity (Wildman–Crippen MR) is 78.1 cm³/mol. The molecule has 1 aliphatic rings. The van der Waals surface area contributed by atoms with E-state index in [4.69, 9.17) is 4.74 Å². The van der Waals surface area contributed by atoms with Gasteiger partial charge in [0.25, 0.3) is 0 Å². The molecular formula is C15H32N2O. The van der Waals surface area contributed by atoms with Gasteiger partial charge in [-0.1, -0.05) is 26.7 Å². The summed E-state index contributed by atoms with van der Waals surface area (Å²) in [5, 5.41) is 3.49. The minimum absolute atomic E-state index is 0.655. The Morgan fingerprint density at radius 3 is 2.33 bits per heavy atom. The fraction of sp³-hybridized carbons (Fsp3) is 1.00. The number of methoxy groups -OCH3 is 1. The van der Waals surface area contributed by atoms with Gasteiger partial charge in [-0.05, 0) is 44.3 Å². The monoisotopic (exact) mass is 256 g/mol. The number of hydrogen-bond donors (Lipinski definition) is 1.